The SMILES string of the molecule is Oc1ccc([C@H]2Oc3ccc(/C=C/c4cc(O)cc5c4[C@H](c4cc(O)cc(O)c4)[C@@H](c4ccc(O)cc4)O5)cc3[C@@H]2c2cc(O)cc3c2[C@@H](c2cc(O)cc(O)c2)[C@H](c2ccc(Cl)cc2)O3)cc1. The van der Waals surface area contributed by atoms with Crippen molar-refractivity contribution in [3.63, 3.8) is 0 Å². The Labute approximate surface area is 394 Å². The van der Waals surface area contributed by atoms with Crippen molar-refractivity contribution in [2.75, 3.05) is 0 Å². The van der Waals surface area contributed by atoms with Crippen LogP contribution < -0.4 is 14.2 Å². The smallest absolute Gasteiger partial charge is 0.135 e. The second kappa shape index (κ2) is 16.5. The van der Waals surface area contributed by atoms with E-state index in [9.17, 15) is 40.9 Å². The third kappa shape index (κ3) is 7.62. The maximum atomic E-state index is 11.5. The molecule has 3 aliphatic heterocycles. The van der Waals surface area contributed by atoms with E-state index in [-0.39, 0.29) is 46.0 Å². The number of halogens is 1. The molecule has 0 aromatic heterocycles. The predicted octanol–water partition coefficient (Wildman–Crippen LogP) is 12.0. The summed E-state index contributed by atoms with van der Waals surface area (Å²) in [5.74, 6) is -0.848. The topological polar surface area (TPSA) is 190 Å². The number of aromatic hydroxyl groups is 8. The molecule has 6 atom stereocenters. The molecule has 338 valence electrons. The molecule has 3 aliphatic rings. The van der Waals surface area contributed by atoms with E-state index in [1.54, 1.807) is 103 Å². The van der Waals surface area contributed by atoms with Crippen LogP contribution in [0.25, 0.3) is 12.2 Å². The summed E-state index contributed by atoms with van der Waals surface area (Å²) < 4.78 is 20.1. The molecule has 8 aromatic rings. The van der Waals surface area contributed by atoms with E-state index in [1.807, 2.05) is 42.5 Å². The lowest BCUT2D eigenvalue weighted by Crippen LogP contribution is -2.16. The Morgan fingerprint density at radius 3 is 1.32 bits per heavy atom. The quantitative estimate of drug-likeness (QED) is 0.0677. The van der Waals surface area contributed by atoms with E-state index < -0.39 is 36.1 Å². The third-order valence-corrected chi connectivity index (χ3v) is 13.2. The van der Waals surface area contributed by atoms with Gasteiger partial charge in [0.25, 0.3) is 0 Å². The largest absolute Gasteiger partial charge is 0.508 e. The fourth-order valence-electron chi connectivity index (χ4n) is 10.2. The average Bonchev–Trinajstić information content (AvgIpc) is 4.00. The summed E-state index contributed by atoms with van der Waals surface area (Å²) >= 11 is 6.33. The zero-order chi connectivity index (χ0) is 47.0. The van der Waals surface area contributed by atoms with E-state index in [4.69, 9.17) is 25.8 Å². The number of fused-ring (bicyclic) bond motifs is 3. The second-order valence-electron chi connectivity index (χ2n) is 17.4. The summed E-state index contributed by atoms with van der Waals surface area (Å²) in [5, 5.41) is 86.4. The van der Waals surface area contributed by atoms with Crippen LogP contribution in [-0.4, -0.2) is 40.9 Å². The lowest BCUT2D eigenvalue weighted by atomic mass is 9.76. The fraction of sp³-hybridized carbons (Fsp3) is 0.107. The Kier molecular flexibility index (Phi) is 10.2. The van der Waals surface area contributed by atoms with E-state index in [0.717, 1.165) is 27.8 Å². The third-order valence-electron chi connectivity index (χ3n) is 13.0. The monoisotopic (exact) mass is 924 g/mol. The van der Waals surface area contributed by atoms with Crippen molar-refractivity contribution in [2.45, 2.75) is 36.1 Å². The van der Waals surface area contributed by atoms with Gasteiger partial charge in [0, 0.05) is 46.0 Å². The number of phenols is 8. The van der Waals surface area contributed by atoms with Crippen LogP contribution in [0.2, 0.25) is 5.02 Å². The Hall–Kier alpha value is -8.41. The fourth-order valence-corrected chi connectivity index (χ4v) is 10.3. The maximum absolute atomic E-state index is 11.5. The highest BCUT2D eigenvalue weighted by atomic mass is 35.5. The second-order valence-corrected chi connectivity index (χ2v) is 17.8. The number of phenolic OH excluding ortho intramolecular Hbond substituents is 8. The molecular weight excluding hydrogens is 884 g/mol. The van der Waals surface area contributed by atoms with Crippen molar-refractivity contribution < 1.29 is 55.1 Å². The van der Waals surface area contributed by atoms with Crippen LogP contribution in [0.15, 0.2) is 152 Å². The Morgan fingerprint density at radius 2 is 0.779 bits per heavy atom. The standard InChI is InChI=1S/C56H41ClO11/c57-35-10-4-29(5-11-35)55-51(34-21-40(62)24-41(63)22-34)53-45(25-43(65)27-48(53)68-55)52-44-17-28(2-16-46(44)66-56(52)31-8-14-37(59)15-9-31)1-3-32-18-42(64)26-47-49(32)50(33-19-38(60)23-39(61)20-33)54(67-47)30-6-12-36(58)13-7-30/h1-27,50-52,54-56,58-65H/b3-1+/t50-,51+,52+,54+,55-,56+/m0/s1. The molecule has 0 saturated carbocycles. The van der Waals surface area contributed by atoms with Crippen LogP contribution in [0.4, 0.5) is 0 Å². The molecule has 8 aromatic carbocycles. The summed E-state index contributed by atoms with van der Waals surface area (Å²) in [6.45, 7) is 0. The molecule has 0 saturated heterocycles. The van der Waals surface area contributed by atoms with E-state index in [2.05, 4.69) is 0 Å². The predicted molar refractivity (Wildman–Crippen MR) is 254 cm³/mol. The van der Waals surface area contributed by atoms with Crippen LogP contribution in [0.3, 0.4) is 0 Å². The van der Waals surface area contributed by atoms with Crippen molar-refractivity contribution in [1.82, 2.24) is 0 Å². The van der Waals surface area contributed by atoms with Gasteiger partial charge in [-0.25, -0.2) is 0 Å². The number of ether oxygens (including phenoxy) is 3. The summed E-state index contributed by atoms with van der Waals surface area (Å²) in [5.41, 5.74) is 7.60. The van der Waals surface area contributed by atoms with Crippen molar-refractivity contribution in [3.05, 3.63) is 218 Å². The highest BCUT2D eigenvalue weighted by molar-refractivity contribution is 6.30. The van der Waals surface area contributed by atoms with Gasteiger partial charge >= 0.3 is 0 Å². The highest BCUT2D eigenvalue weighted by Gasteiger charge is 2.46. The first-order chi connectivity index (χ1) is 32.8. The van der Waals surface area contributed by atoms with Crippen molar-refractivity contribution in [1.29, 1.82) is 0 Å². The number of hydrogen-bond acceptors (Lipinski definition) is 11. The zero-order valence-electron chi connectivity index (χ0n) is 35.7. The Morgan fingerprint density at radius 1 is 0.338 bits per heavy atom. The minimum atomic E-state index is -0.665. The summed E-state index contributed by atoms with van der Waals surface area (Å²) in [6.07, 6.45) is 1.78. The van der Waals surface area contributed by atoms with Gasteiger partial charge < -0.3 is 55.1 Å². The van der Waals surface area contributed by atoms with E-state index in [0.29, 0.717) is 55.7 Å². The zero-order valence-corrected chi connectivity index (χ0v) is 36.5. The average molecular weight is 925 g/mol. The minimum absolute atomic E-state index is 0.0436. The molecule has 12 heteroatoms. The van der Waals surface area contributed by atoms with Crippen LogP contribution in [0.1, 0.15) is 97.3 Å². The Bertz CT molecular complexity index is 3260. The van der Waals surface area contributed by atoms with Gasteiger partial charge in [0.2, 0.25) is 0 Å². The molecule has 8 N–H and O–H groups in total. The minimum Gasteiger partial charge on any atom is -0.508 e. The lowest BCUT2D eigenvalue weighted by Gasteiger charge is -2.26. The molecule has 11 nitrogen and oxygen atoms in total. The van der Waals surface area contributed by atoms with Crippen molar-refractivity contribution in [2.24, 2.45) is 0 Å². The molecular formula is C56H41ClO11. The molecule has 0 amide bonds. The van der Waals surface area contributed by atoms with Gasteiger partial charge in [0.05, 0.1) is 17.8 Å². The van der Waals surface area contributed by atoms with Crippen molar-refractivity contribution >= 4 is 23.8 Å². The number of benzene rings is 8. The number of rotatable bonds is 8. The first-order valence-electron chi connectivity index (χ1n) is 21.8. The van der Waals surface area contributed by atoms with Gasteiger partial charge in [-0.2, -0.15) is 0 Å². The lowest BCUT2D eigenvalue weighted by molar-refractivity contribution is 0.220. The molecule has 0 fully saturated rings. The van der Waals surface area contributed by atoms with E-state index in [1.165, 1.54) is 18.2 Å². The van der Waals surface area contributed by atoms with Gasteiger partial charge in [-0.05, 0) is 129 Å². The number of hydrogen-bond donors (Lipinski definition) is 8. The molecule has 0 unspecified atom stereocenters. The summed E-state index contributed by atoms with van der Waals surface area (Å²) in [7, 11) is 0. The van der Waals surface area contributed by atoms with Crippen LogP contribution >= 0.6 is 11.6 Å². The van der Waals surface area contributed by atoms with Gasteiger partial charge in [-0.15, -0.1) is 0 Å². The van der Waals surface area contributed by atoms with Gasteiger partial charge in [0.1, 0.15) is 81.6 Å². The summed E-state index contributed by atoms with van der Waals surface area (Å²) in [6, 6.07) is 41.6. The molecule has 0 spiro atoms. The molecule has 11 rings (SSSR count). The molecule has 0 bridgehead atoms. The van der Waals surface area contributed by atoms with E-state index >= 15 is 0 Å². The maximum Gasteiger partial charge on any atom is 0.135 e. The van der Waals surface area contributed by atoms with Gasteiger partial charge in [-0.1, -0.05) is 66.2 Å². The molecule has 0 radical (unpaired) electrons. The Balaban J connectivity index is 1.05. The molecule has 68 heavy (non-hydrogen) atoms. The highest BCUT2D eigenvalue weighted by Crippen LogP contribution is 2.59. The first-order valence-corrected chi connectivity index (χ1v) is 22.2. The summed E-state index contributed by atoms with van der Waals surface area (Å²) in [4.78, 5) is 0. The first kappa shape index (κ1) is 42.2. The van der Waals surface area contributed by atoms with Gasteiger partial charge in [0.15, 0.2) is 0 Å². The molecule has 0 aliphatic carbocycles. The van der Waals surface area contributed by atoms with Crippen molar-refractivity contribution in [3.8, 4) is 63.2 Å². The normalized spacial score (nSPS) is 20.0. The van der Waals surface area contributed by atoms with Gasteiger partial charge in [-0.3, -0.25) is 0 Å². The molecule has 3 heterocycles. The van der Waals surface area contributed by atoms with Crippen LogP contribution in [-0.2, 0) is 0 Å². The van der Waals surface area contributed by atoms with Crippen LogP contribution in [0, 0.1) is 0 Å². The van der Waals surface area contributed by atoms with Crippen LogP contribution in [0.5, 0.6) is 63.2 Å².